The van der Waals surface area contributed by atoms with Crippen molar-refractivity contribution in [1.29, 1.82) is 0 Å². The summed E-state index contributed by atoms with van der Waals surface area (Å²) in [5, 5.41) is 9.62. The Hall–Kier alpha value is -2.40. The minimum absolute atomic E-state index is 0.105. The molecular weight excluding hydrogens is 296 g/mol. The number of hydrogen-bond donors (Lipinski definition) is 1. The molecule has 0 aromatic heterocycles. The SMILES string of the molecule is COc1ccc(CC(CO)Oc2ccccc2OC)cc1OC. The summed E-state index contributed by atoms with van der Waals surface area (Å²) < 4.78 is 21.7. The van der Waals surface area contributed by atoms with Crippen molar-refractivity contribution in [2.75, 3.05) is 27.9 Å². The van der Waals surface area contributed by atoms with E-state index in [1.807, 2.05) is 42.5 Å². The van der Waals surface area contributed by atoms with Crippen LogP contribution in [-0.4, -0.2) is 39.1 Å². The molecule has 0 aliphatic carbocycles. The van der Waals surface area contributed by atoms with Crippen LogP contribution in [0.3, 0.4) is 0 Å². The van der Waals surface area contributed by atoms with Gasteiger partial charge in [0, 0.05) is 6.42 Å². The first-order valence-electron chi connectivity index (χ1n) is 7.33. The summed E-state index contributed by atoms with van der Waals surface area (Å²) in [6.07, 6.45) is 0.152. The summed E-state index contributed by atoms with van der Waals surface area (Å²) in [7, 11) is 4.78. The van der Waals surface area contributed by atoms with Crippen LogP contribution in [0.2, 0.25) is 0 Å². The maximum Gasteiger partial charge on any atom is 0.161 e. The van der Waals surface area contributed by atoms with Crippen LogP contribution in [0.1, 0.15) is 5.56 Å². The van der Waals surface area contributed by atoms with E-state index in [1.165, 1.54) is 0 Å². The van der Waals surface area contributed by atoms with Gasteiger partial charge in [-0.15, -0.1) is 0 Å². The maximum absolute atomic E-state index is 9.62. The molecule has 0 fully saturated rings. The van der Waals surface area contributed by atoms with Crippen LogP contribution < -0.4 is 18.9 Å². The van der Waals surface area contributed by atoms with Crippen molar-refractivity contribution in [2.45, 2.75) is 12.5 Å². The molecule has 2 aromatic rings. The van der Waals surface area contributed by atoms with Crippen molar-refractivity contribution in [3.8, 4) is 23.0 Å². The molecule has 5 nitrogen and oxygen atoms in total. The van der Waals surface area contributed by atoms with Crippen molar-refractivity contribution in [3.63, 3.8) is 0 Å². The van der Waals surface area contributed by atoms with Gasteiger partial charge in [-0.05, 0) is 29.8 Å². The van der Waals surface area contributed by atoms with Gasteiger partial charge in [0.25, 0.3) is 0 Å². The quantitative estimate of drug-likeness (QED) is 0.811. The first kappa shape index (κ1) is 17.0. The standard InChI is InChI=1S/C18H22O5/c1-20-15-6-4-5-7-17(15)23-14(12-19)10-13-8-9-16(21-2)18(11-13)22-3/h4-9,11,14,19H,10,12H2,1-3H3. The van der Waals surface area contributed by atoms with Gasteiger partial charge in [0.15, 0.2) is 23.0 Å². The molecular formula is C18H22O5. The zero-order chi connectivity index (χ0) is 16.7. The van der Waals surface area contributed by atoms with Gasteiger partial charge in [0.2, 0.25) is 0 Å². The lowest BCUT2D eigenvalue weighted by Gasteiger charge is -2.19. The van der Waals surface area contributed by atoms with Gasteiger partial charge in [-0.25, -0.2) is 0 Å². The van der Waals surface area contributed by atoms with Crippen molar-refractivity contribution < 1.29 is 24.1 Å². The maximum atomic E-state index is 9.62. The predicted molar refractivity (Wildman–Crippen MR) is 87.7 cm³/mol. The Kier molecular flexibility index (Phi) is 6.11. The minimum Gasteiger partial charge on any atom is -0.493 e. The van der Waals surface area contributed by atoms with Gasteiger partial charge in [-0.2, -0.15) is 0 Å². The predicted octanol–water partition coefficient (Wildman–Crippen LogP) is 2.69. The van der Waals surface area contributed by atoms with E-state index < -0.39 is 0 Å². The minimum atomic E-state index is -0.385. The van der Waals surface area contributed by atoms with Gasteiger partial charge in [0.1, 0.15) is 6.10 Å². The lowest BCUT2D eigenvalue weighted by molar-refractivity contribution is 0.112. The highest BCUT2D eigenvalue weighted by molar-refractivity contribution is 5.43. The van der Waals surface area contributed by atoms with Gasteiger partial charge >= 0.3 is 0 Å². The van der Waals surface area contributed by atoms with Gasteiger partial charge in [-0.1, -0.05) is 18.2 Å². The van der Waals surface area contributed by atoms with Gasteiger partial charge in [-0.3, -0.25) is 0 Å². The number of para-hydroxylation sites is 2. The molecule has 1 atom stereocenters. The molecule has 1 N–H and O–H groups in total. The zero-order valence-corrected chi connectivity index (χ0v) is 13.6. The van der Waals surface area contributed by atoms with Crippen LogP contribution in [0.15, 0.2) is 42.5 Å². The molecule has 0 amide bonds. The summed E-state index contributed by atoms with van der Waals surface area (Å²) in [6, 6.07) is 13.0. The number of rotatable bonds is 8. The Morgan fingerprint density at radius 2 is 1.43 bits per heavy atom. The highest BCUT2D eigenvalue weighted by Gasteiger charge is 2.15. The van der Waals surface area contributed by atoms with E-state index in [1.54, 1.807) is 21.3 Å². The van der Waals surface area contributed by atoms with E-state index in [0.717, 1.165) is 5.56 Å². The molecule has 124 valence electrons. The van der Waals surface area contributed by atoms with E-state index in [9.17, 15) is 5.11 Å². The molecule has 1 unspecified atom stereocenters. The van der Waals surface area contributed by atoms with Gasteiger partial charge < -0.3 is 24.1 Å². The lowest BCUT2D eigenvalue weighted by Crippen LogP contribution is -2.24. The lowest BCUT2D eigenvalue weighted by atomic mass is 10.1. The molecule has 0 saturated carbocycles. The topological polar surface area (TPSA) is 57.2 Å². The molecule has 0 saturated heterocycles. The third-order valence-corrected chi connectivity index (χ3v) is 3.48. The number of aliphatic hydroxyl groups is 1. The number of hydrogen-bond acceptors (Lipinski definition) is 5. The Labute approximate surface area is 136 Å². The monoisotopic (exact) mass is 318 g/mol. The average Bonchev–Trinajstić information content (AvgIpc) is 2.61. The first-order chi connectivity index (χ1) is 11.2. The average molecular weight is 318 g/mol. The van der Waals surface area contributed by atoms with Crippen molar-refractivity contribution >= 4 is 0 Å². The van der Waals surface area contributed by atoms with E-state index in [0.29, 0.717) is 29.4 Å². The molecule has 0 heterocycles. The summed E-state index contributed by atoms with van der Waals surface area (Å²) in [5.41, 5.74) is 0.983. The van der Waals surface area contributed by atoms with Crippen LogP contribution >= 0.6 is 0 Å². The molecule has 2 aromatic carbocycles. The zero-order valence-electron chi connectivity index (χ0n) is 13.6. The molecule has 0 aliphatic heterocycles. The molecule has 5 heteroatoms. The second-order valence-corrected chi connectivity index (χ2v) is 4.97. The van der Waals surface area contributed by atoms with E-state index in [4.69, 9.17) is 18.9 Å². The second kappa shape index (κ2) is 8.29. The molecule has 23 heavy (non-hydrogen) atoms. The Morgan fingerprint density at radius 1 is 0.826 bits per heavy atom. The fourth-order valence-electron chi connectivity index (χ4n) is 2.31. The van der Waals surface area contributed by atoms with Crippen molar-refractivity contribution in [2.24, 2.45) is 0 Å². The van der Waals surface area contributed by atoms with Crippen molar-refractivity contribution in [3.05, 3.63) is 48.0 Å². The third-order valence-electron chi connectivity index (χ3n) is 3.48. The van der Waals surface area contributed by atoms with E-state index >= 15 is 0 Å². The van der Waals surface area contributed by atoms with E-state index in [-0.39, 0.29) is 12.7 Å². The largest absolute Gasteiger partial charge is 0.493 e. The number of methoxy groups -OCH3 is 3. The van der Waals surface area contributed by atoms with Crippen LogP contribution in [-0.2, 0) is 6.42 Å². The molecule has 2 rings (SSSR count). The summed E-state index contributed by atoms with van der Waals surface area (Å²) in [6.45, 7) is -0.105. The van der Waals surface area contributed by atoms with Crippen LogP contribution in [0, 0.1) is 0 Å². The number of benzene rings is 2. The molecule has 0 bridgehead atoms. The highest BCUT2D eigenvalue weighted by atomic mass is 16.5. The van der Waals surface area contributed by atoms with E-state index in [2.05, 4.69) is 0 Å². The normalized spacial score (nSPS) is 11.7. The number of aliphatic hydroxyl groups excluding tert-OH is 1. The fraction of sp³-hybridized carbons (Fsp3) is 0.333. The summed E-state index contributed by atoms with van der Waals surface area (Å²) in [4.78, 5) is 0. The van der Waals surface area contributed by atoms with Crippen LogP contribution in [0.25, 0.3) is 0 Å². The molecule has 0 radical (unpaired) electrons. The Morgan fingerprint density at radius 3 is 2.04 bits per heavy atom. The first-order valence-corrected chi connectivity index (χ1v) is 7.33. The third kappa shape index (κ3) is 4.29. The van der Waals surface area contributed by atoms with Gasteiger partial charge in [0.05, 0.1) is 27.9 Å². The second-order valence-electron chi connectivity index (χ2n) is 4.97. The Bertz CT molecular complexity index is 627. The number of ether oxygens (including phenoxy) is 4. The highest BCUT2D eigenvalue weighted by Crippen LogP contribution is 2.30. The summed E-state index contributed by atoms with van der Waals surface area (Å²) in [5.74, 6) is 2.56. The fourth-order valence-corrected chi connectivity index (χ4v) is 2.31. The Balaban J connectivity index is 2.13. The van der Waals surface area contributed by atoms with Crippen LogP contribution in [0.5, 0.6) is 23.0 Å². The van der Waals surface area contributed by atoms with Crippen molar-refractivity contribution in [1.82, 2.24) is 0 Å². The molecule has 0 aliphatic rings. The molecule has 0 spiro atoms. The smallest absolute Gasteiger partial charge is 0.161 e. The summed E-state index contributed by atoms with van der Waals surface area (Å²) >= 11 is 0. The van der Waals surface area contributed by atoms with Crippen LogP contribution in [0.4, 0.5) is 0 Å².